The fourth-order valence-electron chi connectivity index (χ4n) is 1.21. The van der Waals surface area contributed by atoms with Crippen LogP contribution in [0.3, 0.4) is 0 Å². The number of rotatable bonds is 2. The van der Waals surface area contributed by atoms with Gasteiger partial charge < -0.3 is 14.2 Å². The minimum absolute atomic E-state index is 0.246. The van der Waals surface area contributed by atoms with Gasteiger partial charge in [0.1, 0.15) is 5.41 Å². The first kappa shape index (κ1) is 11.2. The maximum atomic E-state index is 11.5. The zero-order valence-corrected chi connectivity index (χ0v) is 8.83. The maximum Gasteiger partial charge on any atom is 0.320 e. The average Bonchev–Trinajstić information content (AvgIpc) is 2.18. The second-order valence-electron chi connectivity index (χ2n) is 3.83. The lowest BCUT2D eigenvalue weighted by atomic mass is 9.89. The van der Waals surface area contributed by atoms with Gasteiger partial charge in [0.15, 0.2) is 5.79 Å². The molecule has 0 aliphatic carbocycles. The number of hydrogen-bond acceptors (Lipinski definition) is 4. The summed E-state index contributed by atoms with van der Waals surface area (Å²) in [6, 6.07) is 0. The van der Waals surface area contributed by atoms with Gasteiger partial charge in [0.05, 0.1) is 20.3 Å². The summed E-state index contributed by atoms with van der Waals surface area (Å²) in [6.45, 7) is 7.71. The summed E-state index contributed by atoms with van der Waals surface area (Å²) in [5, 5.41) is 0. The Morgan fingerprint density at radius 3 is 2.29 bits per heavy atom. The van der Waals surface area contributed by atoms with Gasteiger partial charge in [-0.05, 0) is 13.8 Å². The third-order valence-corrected chi connectivity index (χ3v) is 2.34. The first-order valence-corrected chi connectivity index (χ1v) is 4.46. The number of hydrogen-bond donors (Lipinski definition) is 0. The van der Waals surface area contributed by atoms with Crippen LogP contribution in [0.1, 0.15) is 13.8 Å². The van der Waals surface area contributed by atoms with Crippen molar-refractivity contribution in [3.63, 3.8) is 0 Å². The van der Waals surface area contributed by atoms with E-state index in [2.05, 4.69) is 11.3 Å². The Hall–Kier alpha value is -0.870. The molecule has 0 radical (unpaired) electrons. The molecule has 80 valence electrons. The lowest BCUT2D eigenvalue weighted by Crippen LogP contribution is -2.50. The highest BCUT2D eigenvalue weighted by molar-refractivity contribution is 5.79. The largest absolute Gasteiger partial charge is 0.468 e. The van der Waals surface area contributed by atoms with Crippen molar-refractivity contribution in [1.29, 1.82) is 0 Å². The van der Waals surface area contributed by atoms with Crippen molar-refractivity contribution in [2.24, 2.45) is 5.41 Å². The van der Waals surface area contributed by atoms with Crippen molar-refractivity contribution in [1.82, 2.24) is 0 Å². The summed E-state index contributed by atoms with van der Waals surface area (Å²) in [6.07, 6.45) is 1.52. The van der Waals surface area contributed by atoms with E-state index >= 15 is 0 Å². The fraction of sp³-hybridized carbons (Fsp3) is 0.700. The summed E-state index contributed by atoms with van der Waals surface area (Å²) in [4.78, 5) is 11.5. The van der Waals surface area contributed by atoms with Gasteiger partial charge in [-0.1, -0.05) is 6.08 Å². The Kier molecular flexibility index (Phi) is 2.97. The summed E-state index contributed by atoms with van der Waals surface area (Å²) in [5.41, 5.74) is -0.857. The lowest BCUT2D eigenvalue weighted by molar-refractivity contribution is -0.275. The molecule has 1 saturated heterocycles. The molecule has 0 bridgehead atoms. The molecule has 1 aliphatic rings. The van der Waals surface area contributed by atoms with E-state index in [1.807, 2.05) is 0 Å². The molecule has 14 heavy (non-hydrogen) atoms. The SMILES string of the molecule is C=CC1(C(=O)OC)COC(C)(C)OC1. The van der Waals surface area contributed by atoms with E-state index in [-0.39, 0.29) is 19.2 Å². The molecule has 0 amide bonds. The highest BCUT2D eigenvalue weighted by atomic mass is 16.7. The van der Waals surface area contributed by atoms with Crippen molar-refractivity contribution in [3.05, 3.63) is 12.7 Å². The van der Waals surface area contributed by atoms with Crippen LogP contribution in [-0.2, 0) is 19.0 Å². The van der Waals surface area contributed by atoms with Crippen LogP contribution in [0.2, 0.25) is 0 Å². The van der Waals surface area contributed by atoms with Crippen LogP contribution < -0.4 is 0 Å². The molecule has 0 saturated carbocycles. The van der Waals surface area contributed by atoms with Crippen molar-refractivity contribution in [3.8, 4) is 0 Å². The topological polar surface area (TPSA) is 44.8 Å². The normalized spacial score (nSPS) is 23.9. The van der Waals surface area contributed by atoms with E-state index in [9.17, 15) is 4.79 Å². The van der Waals surface area contributed by atoms with Gasteiger partial charge in [-0.3, -0.25) is 4.79 Å². The van der Waals surface area contributed by atoms with Crippen molar-refractivity contribution >= 4 is 5.97 Å². The van der Waals surface area contributed by atoms with Gasteiger partial charge in [0.25, 0.3) is 0 Å². The molecule has 0 N–H and O–H groups in total. The molecule has 0 spiro atoms. The fourth-order valence-corrected chi connectivity index (χ4v) is 1.21. The molecule has 4 heteroatoms. The molecular formula is C10H16O4. The first-order chi connectivity index (χ1) is 6.46. The van der Waals surface area contributed by atoms with Crippen LogP contribution in [-0.4, -0.2) is 32.1 Å². The van der Waals surface area contributed by atoms with Crippen LogP contribution in [0.5, 0.6) is 0 Å². The summed E-state index contributed by atoms with van der Waals surface area (Å²) in [5.74, 6) is -1.01. The predicted molar refractivity (Wildman–Crippen MR) is 50.6 cm³/mol. The summed E-state index contributed by atoms with van der Waals surface area (Å²) >= 11 is 0. The zero-order valence-electron chi connectivity index (χ0n) is 8.83. The van der Waals surface area contributed by atoms with Gasteiger partial charge >= 0.3 is 5.97 Å². The van der Waals surface area contributed by atoms with Crippen LogP contribution >= 0.6 is 0 Å². The van der Waals surface area contributed by atoms with Gasteiger partial charge in [0, 0.05) is 0 Å². The second-order valence-corrected chi connectivity index (χ2v) is 3.83. The maximum absolute atomic E-state index is 11.5. The van der Waals surface area contributed by atoms with Gasteiger partial charge in [-0.15, -0.1) is 6.58 Å². The summed E-state index contributed by atoms with van der Waals surface area (Å²) in [7, 11) is 1.34. The number of methoxy groups -OCH3 is 1. The van der Waals surface area contributed by atoms with Crippen LogP contribution in [0.4, 0.5) is 0 Å². The molecule has 0 aromatic heterocycles. The molecule has 1 heterocycles. The van der Waals surface area contributed by atoms with Gasteiger partial charge in [-0.2, -0.15) is 0 Å². The number of carbonyl (C=O) groups is 1. The predicted octanol–water partition coefficient (Wildman–Crippen LogP) is 1.11. The summed E-state index contributed by atoms with van der Waals surface area (Å²) < 4.78 is 15.5. The smallest absolute Gasteiger partial charge is 0.320 e. The molecule has 0 unspecified atom stereocenters. The molecular weight excluding hydrogens is 184 g/mol. The third kappa shape index (κ3) is 1.96. The lowest BCUT2D eigenvalue weighted by Gasteiger charge is -2.39. The Morgan fingerprint density at radius 2 is 1.93 bits per heavy atom. The van der Waals surface area contributed by atoms with Crippen molar-refractivity contribution in [2.75, 3.05) is 20.3 Å². The first-order valence-electron chi connectivity index (χ1n) is 4.46. The Labute approximate surface area is 83.8 Å². The van der Waals surface area contributed by atoms with Crippen LogP contribution in [0.25, 0.3) is 0 Å². The average molecular weight is 200 g/mol. The second kappa shape index (κ2) is 3.71. The van der Waals surface area contributed by atoms with E-state index < -0.39 is 11.2 Å². The molecule has 4 nitrogen and oxygen atoms in total. The number of esters is 1. The van der Waals surface area contributed by atoms with Crippen LogP contribution in [0, 0.1) is 5.41 Å². The monoisotopic (exact) mass is 200 g/mol. The van der Waals surface area contributed by atoms with E-state index in [0.717, 1.165) is 0 Å². The highest BCUT2D eigenvalue weighted by Gasteiger charge is 2.44. The molecule has 1 aliphatic heterocycles. The highest BCUT2D eigenvalue weighted by Crippen LogP contribution is 2.31. The Bertz CT molecular complexity index is 235. The van der Waals surface area contributed by atoms with E-state index in [4.69, 9.17) is 9.47 Å². The number of ether oxygens (including phenoxy) is 3. The van der Waals surface area contributed by atoms with Crippen molar-refractivity contribution < 1.29 is 19.0 Å². The molecule has 0 aromatic carbocycles. The quantitative estimate of drug-likeness (QED) is 0.495. The van der Waals surface area contributed by atoms with Crippen molar-refractivity contribution in [2.45, 2.75) is 19.6 Å². The standard InChI is InChI=1S/C10H16O4/c1-5-10(8(11)12-4)6-13-9(2,3)14-7-10/h5H,1,6-7H2,2-4H3. The van der Waals surface area contributed by atoms with E-state index in [0.29, 0.717) is 0 Å². The molecule has 0 atom stereocenters. The molecule has 1 fully saturated rings. The zero-order chi connectivity index (χ0) is 10.8. The van der Waals surface area contributed by atoms with E-state index in [1.54, 1.807) is 13.8 Å². The Balaban J connectivity index is 2.76. The third-order valence-electron chi connectivity index (χ3n) is 2.34. The molecule has 0 aromatic rings. The Morgan fingerprint density at radius 1 is 1.43 bits per heavy atom. The van der Waals surface area contributed by atoms with Gasteiger partial charge in [0.2, 0.25) is 0 Å². The minimum atomic E-state index is -0.857. The van der Waals surface area contributed by atoms with Crippen LogP contribution in [0.15, 0.2) is 12.7 Å². The van der Waals surface area contributed by atoms with E-state index in [1.165, 1.54) is 13.2 Å². The van der Waals surface area contributed by atoms with Gasteiger partial charge in [-0.25, -0.2) is 0 Å². The number of carbonyl (C=O) groups excluding carboxylic acids is 1. The molecule has 1 rings (SSSR count). The minimum Gasteiger partial charge on any atom is -0.468 e.